The van der Waals surface area contributed by atoms with Crippen LogP contribution in [0.2, 0.25) is 0 Å². The van der Waals surface area contributed by atoms with Crippen LogP contribution in [-0.2, 0) is 4.79 Å². The molecule has 1 atom stereocenters. The molecule has 0 radical (unpaired) electrons. The first-order valence-electron chi connectivity index (χ1n) is 8.79. The van der Waals surface area contributed by atoms with E-state index >= 15 is 0 Å². The predicted octanol–water partition coefficient (Wildman–Crippen LogP) is 5.68. The quantitative estimate of drug-likeness (QED) is 0.699. The van der Waals surface area contributed by atoms with Crippen molar-refractivity contribution in [2.24, 2.45) is 5.92 Å². The summed E-state index contributed by atoms with van der Waals surface area (Å²) in [7, 11) is 1.65. The fraction of sp³-hybridized carbons (Fsp3) is 0.381. The highest BCUT2D eigenvalue weighted by Crippen LogP contribution is 2.38. The summed E-state index contributed by atoms with van der Waals surface area (Å²) in [6.45, 7) is 1.99. The van der Waals surface area contributed by atoms with Crippen LogP contribution in [0.5, 0.6) is 5.75 Å². The number of benzene rings is 2. The Morgan fingerprint density at radius 2 is 1.84 bits per heavy atom. The Morgan fingerprint density at radius 1 is 1.16 bits per heavy atom. The number of rotatable bonds is 5. The summed E-state index contributed by atoms with van der Waals surface area (Å²) >= 11 is 3.48. The maximum Gasteiger partial charge on any atom is 0.232 e. The van der Waals surface area contributed by atoms with Gasteiger partial charge in [0.15, 0.2) is 0 Å². The van der Waals surface area contributed by atoms with Crippen molar-refractivity contribution in [1.29, 1.82) is 0 Å². The number of amides is 1. The number of carbonyl (C=O) groups is 1. The van der Waals surface area contributed by atoms with Gasteiger partial charge < -0.3 is 10.1 Å². The summed E-state index contributed by atoms with van der Waals surface area (Å²) in [6.07, 6.45) is 4.67. The number of methoxy groups -OCH3 is 1. The van der Waals surface area contributed by atoms with Gasteiger partial charge in [-0.25, -0.2) is 0 Å². The van der Waals surface area contributed by atoms with Gasteiger partial charge in [0.05, 0.1) is 13.0 Å². The third-order valence-electron chi connectivity index (χ3n) is 5.07. The normalized spacial score (nSPS) is 15.8. The van der Waals surface area contributed by atoms with E-state index in [1.165, 1.54) is 12.8 Å². The van der Waals surface area contributed by atoms with Crippen LogP contribution in [0.4, 0.5) is 5.69 Å². The minimum Gasteiger partial charge on any atom is -0.497 e. The number of nitrogens with one attached hydrogen (secondary N) is 1. The third kappa shape index (κ3) is 4.24. The first-order chi connectivity index (χ1) is 12.1. The second-order valence-corrected chi connectivity index (χ2v) is 7.66. The Bertz CT molecular complexity index is 736. The molecule has 0 spiro atoms. The van der Waals surface area contributed by atoms with E-state index in [1.54, 1.807) is 7.11 Å². The summed E-state index contributed by atoms with van der Waals surface area (Å²) in [5, 5.41) is 3.15. The molecule has 0 aromatic heterocycles. The maximum absolute atomic E-state index is 13.1. The fourth-order valence-electron chi connectivity index (χ4n) is 3.71. The molecule has 4 heteroatoms. The molecule has 2 aromatic rings. The molecule has 132 valence electrons. The van der Waals surface area contributed by atoms with E-state index in [0.717, 1.165) is 39.9 Å². The van der Waals surface area contributed by atoms with Crippen molar-refractivity contribution < 1.29 is 9.53 Å². The van der Waals surface area contributed by atoms with Gasteiger partial charge in [-0.3, -0.25) is 4.79 Å². The molecule has 1 unspecified atom stereocenters. The topological polar surface area (TPSA) is 38.3 Å². The average Bonchev–Trinajstić information content (AvgIpc) is 3.12. The molecule has 0 aliphatic heterocycles. The molecule has 25 heavy (non-hydrogen) atoms. The van der Waals surface area contributed by atoms with Gasteiger partial charge in [-0.2, -0.15) is 0 Å². The van der Waals surface area contributed by atoms with Crippen LogP contribution in [0.15, 0.2) is 46.9 Å². The van der Waals surface area contributed by atoms with Crippen molar-refractivity contribution in [3.8, 4) is 5.75 Å². The van der Waals surface area contributed by atoms with E-state index in [1.807, 2.05) is 37.3 Å². The van der Waals surface area contributed by atoms with Crippen LogP contribution < -0.4 is 10.1 Å². The maximum atomic E-state index is 13.1. The van der Waals surface area contributed by atoms with Gasteiger partial charge in [-0.15, -0.1) is 0 Å². The van der Waals surface area contributed by atoms with Crippen molar-refractivity contribution in [3.05, 3.63) is 58.1 Å². The Morgan fingerprint density at radius 3 is 2.44 bits per heavy atom. The van der Waals surface area contributed by atoms with Gasteiger partial charge in [0.1, 0.15) is 5.75 Å². The number of carbonyl (C=O) groups excluding carboxylic acids is 1. The van der Waals surface area contributed by atoms with Gasteiger partial charge in [0.2, 0.25) is 5.91 Å². The summed E-state index contributed by atoms with van der Waals surface area (Å²) in [4.78, 5) is 13.1. The molecule has 1 amide bonds. The minimum atomic E-state index is -0.0999. The molecular formula is C21H24BrNO2. The van der Waals surface area contributed by atoms with Crippen LogP contribution in [0.1, 0.15) is 42.7 Å². The Balaban J connectivity index is 1.85. The van der Waals surface area contributed by atoms with Crippen molar-refractivity contribution >= 4 is 27.5 Å². The highest BCUT2D eigenvalue weighted by Gasteiger charge is 2.32. The van der Waals surface area contributed by atoms with E-state index < -0.39 is 0 Å². The molecule has 1 aliphatic carbocycles. The molecule has 2 aromatic carbocycles. The molecule has 1 saturated carbocycles. The zero-order valence-corrected chi connectivity index (χ0v) is 16.3. The van der Waals surface area contributed by atoms with Crippen molar-refractivity contribution in [1.82, 2.24) is 0 Å². The molecule has 3 rings (SSSR count). The van der Waals surface area contributed by atoms with E-state index in [2.05, 4.69) is 33.4 Å². The SMILES string of the molecule is COc1ccc(NC(=O)C(c2ccc(Br)cc2)C2CCCC2)c(C)c1. The standard InChI is InChI=1S/C21H24BrNO2/c1-14-13-18(25-2)11-12-19(14)23-21(24)20(15-5-3-4-6-15)16-7-9-17(22)10-8-16/h7-13,15,20H,3-6H2,1-2H3,(H,23,24). The summed E-state index contributed by atoms with van der Waals surface area (Å²) < 4.78 is 6.28. The van der Waals surface area contributed by atoms with Gasteiger partial charge >= 0.3 is 0 Å². The van der Waals surface area contributed by atoms with Crippen LogP contribution in [0, 0.1) is 12.8 Å². The lowest BCUT2D eigenvalue weighted by atomic mass is 9.84. The van der Waals surface area contributed by atoms with Crippen LogP contribution in [0.3, 0.4) is 0 Å². The van der Waals surface area contributed by atoms with Crippen LogP contribution in [0.25, 0.3) is 0 Å². The lowest BCUT2D eigenvalue weighted by Crippen LogP contribution is -2.26. The van der Waals surface area contributed by atoms with E-state index in [4.69, 9.17) is 4.74 Å². The molecule has 3 nitrogen and oxygen atoms in total. The lowest BCUT2D eigenvalue weighted by Gasteiger charge is -2.24. The zero-order valence-electron chi connectivity index (χ0n) is 14.7. The van der Waals surface area contributed by atoms with E-state index in [0.29, 0.717) is 5.92 Å². The van der Waals surface area contributed by atoms with Gasteiger partial charge in [-0.05, 0) is 67.1 Å². The Hall–Kier alpha value is -1.81. The van der Waals surface area contributed by atoms with Gasteiger partial charge in [0.25, 0.3) is 0 Å². The van der Waals surface area contributed by atoms with Gasteiger partial charge in [0, 0.05) is 10.2 Å². The molecule has 1 N–H and O–H groups in total. The monoisotopic (exact) mass is 401 g/mol. The Kier molecular flexibility index (Phi) is 5.79. The fourth-order valence-corrected chi connectivity index (χ4v) is 3.98. The van der Waals surface area contributed by atoms with Crippen LogP contribution >= 0.6 is 15.9 Å². The first kappa shape index (κ1) is 18.0. The lowest BCUT2D eigenvalue weighted by molar-refractivity contribution is -0.118. The molecule has 0 bridgehead atoms. The molecule has 1 fully saturated rings. The van der Waals surface area contributed by atoms with Crippen molar-refractivity contribution in [2.75, 3.05) is 12.4 Å². The Labute approximate surface area is 157 Å². The molecule has 0 saturated heterocycles. The number of aryl methyl sites for hydroxylation is 1. The number of anilines is 1. The van der Waals surface area contributed by atoms with E-state index in [9.17, 15) is 4.79 Å². The first-order valence-corrected chi connectivity index (χ1v) is 9.59. The molecule has 0 heterocycles. The second-order valence-electron chi connectivity index (χ2n) is 6.74. The number of ether oxygens (including phenoxy) is 1. The number of halogens is 1. The molecular weight excluding hydrogens is 378 g/mol. The molecule has 1 aliphatic rings. The zero-order chi connectivity index (χ0) is 17.8. The van der Waals surface area contributed by atoms with Crippen molar-refractivity contribution in [3.63, 3.8) is 0 Å². The van der Waals surface area contributed by atoms with Crippen molar-refractivity contribution in [2.45, 2.75) is 38.5 Å². The van der Waals surface area contributed by atoms with Crippen LogP contribution in [-0.4, -0.2) is 13.0 Å². The predicted molar refractivity (Wildman–Crippen MR) is 105 cm³/mol. The summed E-state index contributed by atoms with van der Waals surface area (Å²) in [6, 6.07) is 13.9. The second kappa shape index (κ2) is 8.05. The largest absolute Gasteiger partial charge is 0.497 e. The van der Waals surface area contributed by atoms with E-state index in [-0.39, 0.29) is 11.8 Å². The summed E-state index contributed by atoms with van der Waals surface area (Å²) in [5.41, 5.74) is 2.96. The van der Waals surface area contributed by atoms with Gasteiger partial charge in [-0.1, -0.05) is 40.9 Å². The smallest absolute Gasteiger partial charge is 0.232 e. The number of hydrogen-bond donors (Lipinski definition) is 1. The average molecular weight is 402 g/mol. The summed E-state index contributed by atoms with van der Waals surface area (Å²) in [5.74, 6) is 1.20. The highest BCUT2D eigenvalue weighted by atomic mass is 79.9. The minimum absolute atomic E-state index is 0.0856. The highest BCUT2D eigenvalue weighted by molar-refractivity contribution is 9.10. The number of hydrogen-bond acceptors (Lipinski definition) is 2. The third-order valence-corrected chi connectivity index (χ3v) is 5.60.